The Labute approximate surface area is 136 Å². The van der Waals surface area contributed by atoms with E-state index in [-0.39, 0.29) is 10.8 Å². The summed E-state index contributed by atoms with van der Waals surface area (Å²) in [6.45, 7) is 11.5. The van der Waals surface area contributed by atoms with E-state index in [4.69, 9.17) is 4.74 Å². The molecule has 0 fully saturated rings. The Hall–Kier alpha value is -0.910. The minimum atomic E-state index is -1.05. The molecule has 1 aromatic rings. The van der Waals surface area contributed by atoms with E-state index in [1.54, 1.807) is 6.92 Å². The summed E-state index contributed by atoms with van der Waals surface area (Å²) >= 11 is 0. The highest BCUT2D eigenvalue weighted by molar-refractivity contribution is 7.84. The number of rotatable bonds is 7. The summed E-state index contributed by atoms with van der Waals surface area (Å²) in [6, 6.07) is 6.20. The van der Waals surface area contributed by atoms with Crippen molar-refractivity contribution < 1.29 is 14.1 Å². The Kier molecular flexibility index (Phi) is 7.03. The summed E-state index contributed by atoms with van der Waals surface area (Å²) in [5, 5.41) is 9.35. The number of aliphatic hydroxyl groups excluding tert-OH is 1. The van der Waals surface area contributed by atoms with Gasteiger partial charge in [0.25, 0.3) is 0 Å². The molecule has 0 aliphatic carbocycles. The van der Waals surface area contributed by atoms with Crippen molar-refractivity contribution in [3.8, 4) is 5.75 Å². The first-order valence-electron chi connectivity index (χ1n) is 7.72. The van der Waals surface area contributed by atoms with Gasteiger partial charge < -0.3 is 9.84 Å². The second kappa shape index (κ2) is 8.09. The number of ether oxygens (including phenoxy) is 1. The smallest absolute Gasteiger partial charge is 0.194 e. The van der Waals surface area contributed by atoms with Crippen molar-refractivity contribution in [3.05, 3.63) is 29.3 Å². The average Bonchev–Trinajstić information content (AvgIpc) is 2.38. The number of aliphatic hydroxyl groups is 1. The minimum absolute atomic E-state index is 0.169. The molecule has 3 atom stereocenters. The molecule has 1 rings (SSSR count). The van der Waals surface area contributed by atoms with Gasteiger partial charge in [0.15, 0.2) is 6.29 Å². The first kappa shape index (κ1) is 19.1. The lowest BCUT2D eigenvalue weighted by Crippen LogP contribution is -2.38. The van der Waals surface area contributed by atoms with E-state index in [2.05, 4.69) is 10.8 Å². The van der Waals surface area contributed by atoms with Crippen LogP contribution in [0.25, 0.3) is 0 Å². The summed E-state index contributed by atoms with van der Waals surface area (Å²) in [4.78, 5) is 0. The van der Waals surface area contributed by atoms with Gasteiger partial charge in [-0.1, -0.05) is 12.1 Å². The molecular weight excluding hydrogens is 298 g/mol. The van der Waals surface area contributed by atoms with E-state index >= 15 is 0 Å². The maximum absolute atomic E-state index is 12.1. The summed E-state index contributed by atoms with van der Waals surface area (Å²) < 4.78 is 20.3. The lowest BCUT2D eigenvalue weighted by Gasteiger charge is -2.22. The van der Waals surface area contributed by atoms with Crippen LogP contribution < -0.4 is 9.46 Å². The van der Waals surface area contributed by atoms with E-state index in [9.17, 15) is 9.32 Å². The van der Waals surface area contributed by atoms with Crippen molar-refractivity contribution in [2.75, 3.05) is 0 Å². The molecule has 4 nitrogen and oxygen atoms in total. The van der Waals surface area contributed by atoms with Gasteiger partial charge in [0.2, 0.25) is 0 Å². The SMILES string of the molecule is Cc1ccc(CC[C@@H](C)N[S@@](=O)C(C)(C)C)cc1OC(C)O. The summed E-state index contributed by atoms with van der Waals surface area (Å²) in [5.74, 6) is 0.714. The Balaban J connectivity index is 2.59. The first-order chi connectivity index (χ1) is 10.1. The van der Waals surface area contributed by atoms with Crippen molar-refractivity contribution in [1.29, 1.82) is 0 Å². The lowest BCUT2D eigenvalue weighted by molar-refractivity contribution is -0.000853. The van der Waals surface area contributed by atoms with Crippen LogP contribution in [-0.2, 0) is 17.4 Å². The van der Waals surface area contributed by atoms with Crippen molar-refractivity contribution in [2.24, 2.45) is 0 Å². The molecule has 0 aromatic heterocycles. The van der Waals surface area contributed by atoms with Crippen LogP contribution in [0.3, 0.4) is 0 Å². The molecule has 0 radical (unpaired) electrons. The maximum atomic E-state index is 12.1. The second-order valence-electron chi connectivity index (χ2n) is 6.76. The van der Waals surface area contributed by atoms with Gasteiger partial charge in [-0.2, -0.15) is 0 Å². The summed E-state index contributed by atoms with van der Waals surface area (Å²) in [5.41, 5.74) is 2.15. The van der Waals surface area contributed by atoms with Gasteiger partial charge in [-0.05, 0) is 71.6 Å². The molecule has 0 spiro atoms. The molecule has 126 valence electrons. The van der Waals surface area contributed by atoms with Crippen molar-refractivity contribution >= 4 is 11.0 Å². The lowest BCUT2D eigenvalue weighted by atomic mass is 10.0. The highest BCUT2D eigenvalue weighted by atomic mass is 32.2. The zero-order chi connectivity index (χ0) is 16.9. The highest BCUT2D eigenvalue weighted by Gasteiger charge is 2.21. The Morgan fingerprint density at radius 3 is 2.50 bits per heavy atom. The molecule has 5 heteroatoms. The van der Waals surface area contributed by atoms with Crippen molar-refractivity contribution in [3.63, 3.8) is 0 Å². The molecular formula is C17H29NO3S. The number of hydrogen-bond donors (Lipinski definition) is 2. The third kappa shape index (κ3) is 6.46. The molecule has 0 heterocycles. The molecule has 1 unspecified atom stereocenters. The van der Waals surface area contributed by atoms with Crippen LogP contribution in [-0.4, -0.2) is 26.4 Å². The number of hydrogen-bond acceptors (Lipinski definition) is 3. The number of aryl methyl sites for hydroxylation is 2. The molecule has 0 saturated carbocycles. The molecule has 0 aliphatic heterocycles. The van der Waals surface area contributed by atoms with E-state index in [0.717, 1.165) is 24.0 Å². The van der Waals surface area contributed by atoms with Crippen LogP contribution in [0.1, 0.15) is 52.2 Å². The Bertz CT molecular complexity index is 509. The fourth-order valence-corrected chi connectivity index (χ4v) is 2.75. The zero-order valence-corrected chi connectivity index (χ0v) is 15.3. The topological polar surface area (TPSA) is 58.6 Å². The molecule has 22 heavy (non-hydrogen) atoms. The molecule has 1 aromatic carbocycles. The fourth-order valence-electron chi connectivity index (χ4n) is 1.91. The molecule has 2 N–H and O–H groups in total. The van der Waals surface area contributed by atoms with E-state index < -0.39 is 17.3 Å². The van der Waals surface area contributed by atoms with Crippen LogP contribution in [0, 0.1) is 6.92 Å². The summed E-state index contributed by atoms with van der Waals surface area (Å²) in [6.07, 6.45) is 0.939. The maximum Gasteiger partial charge on any atom is 0.194 e. The fraction of sp³-hybridized carbons (Fsp3) is 0.647. The van der Waals surface area contributed by atoms with Gasteiger partial charge >= 0.3 is 0 Å². The third-order valence-corrected chi connectivity index (χ3v) is 5.01. The molecule has 0 amide bonds. The van der Waals surface area contributed by atoms with E-state index in [1.165, 1.54) is 0 Å². The van der Waals surface area contributed by atoms with Crippen molar-refractivity contribution in [1.82, 2.24) is 4.72 Å². The van der Waals surface area contributed by atoms with Crippen LogP contribution in [0.2, 0.25) is 0 Å². The van der Waals surface area contributed by atoms with Gasteiger partial charge in [-0.15, -0.1) is 0 Å². The number of nitrogens with one attached hydrogen (secondary N) is 1. The van der Waals surface area contributed by atoms with Gasteiger partial charge in [-0.3, -0.25) is 0 Å². The Morgan fingerprint density at radius 1 is 1.32 bits per heavy atom. The van der Waals surface area contributed by atoms with Crippen LogP contribution in [0.5, 0.6) is 5.75 Å². The first-order valence-corrected chi connectivity index (χ1v) is 8.87. The van der Waals surface area contributed by atoms with Gasteiger partial charge in [0.05, 0.1) is 15.7 Å². The normalized spacial score (nSPS) is 16.1. The van der Waals surface area contributed by atoms with Crippen molar-refractivity contribution in [2.45, 2.75) is 71.5 Å². The predicted octanol–water partition coefficient (Wildman–Crippen LogP) is 3.09. The number of benzene rings is 1. The zero-order valence-electron chi connectivity index (χ0n) is 14.5. The molecule has 0 saturated heterocycles. The summed E-state index contributed by atoms with van der Waals surface area (Å²) in [7, 11) is -1.05. The van der Waals surface area contributed by atoms with Crippen LogP contribution >= 0.6 is 0 Å². The highest BCUT2D eigenvalue weighted by Crippen LogP contribution is 2.22. The van der Waals surface area contributed by atoms with Gasteiger partial charge in [0, 0.05) is 6.04 Å². The van der Waals surface area contributed by atoms with Crippen LogP contribution in [0.4, 0.5) is 0 Å². The Morgan fingerprint density at radius 2 is 1.95 bits per heavy atom. The van der Waals surface area contributed by atoms with Gasteiger partial charge in [-0.25, -0.2) is 8.93 Å². The predicted molar refractivity (Wildman–Crippen MR) is 92.3 cm³/mol. The van der Waals surface area contributed by atoms with E-state index in [0.29, 0.717) is 5.75 Å². The second-order valence-corrected chi connectivity index (χ2v) is 8.75. The van der Waals surface area contributed by atoms with Crippen LogP contribution in [0.15, 0.2) is 18.2 Å². The van der Waals surface area contributed by atoms with E-state index in [1.807, 2.05) is 46.8 Å². The molecule has 0 aliphatic rings. The molecule has 0 bridgehead atoms. The quantitative estimate of drug-likeness (QED) is 0.757. The minimum Gasteiger partial charge on any atom is -0.465 e. The monoisotopic (exact) mass is 327 g/mol. The standard InChI is InChI=1S/C17H29NO3S/c1-12-7-9-15(11-16(12)21-14(3)19)10-8-13(2)18-22(20)17(4,5)6/h7,9,11,13-14,18-19H,8,10H2,1-6H3/t13-,14?,22+/m1/s1. The largest absolute Gasteiger partial charge is 0.465 e. The van der Waals surface area contributed by atoms with Gasteiger partial charge in [0.1, 0.15) is 5.75 Å². The third-order valence-electron chi connectivity index (χ3n) is 3.28. The average molecular weight is 327 g/mol.